The monoisotopic (exact) mass is 306 g/mol. The molecule has 1 aromatic heterocycles. The number of aliphatic hydroxyl groups excluding tert-OH is 1. The number of benzene rings is 1. The highest BCUT2D eigenvalue weighted by Gasteiger charge is 2.27. The van der Waals surface area contributed by atoms with Crippen LogP contribution in [0.5, 0.6) is 5.75 Å². The first-order valence-electron chi connectivity index (χ1n) is 7.06. The maximum Gasteiger partial charge on any atom is 0.119 e. The Bertz CT molecular complexity index is 585. The third-order valence-electron chi connectivity index (χ3n) is 3.04. The molecule has 0 aliphatic heterocycles. The fourth-order valence-corrected chi connectivity index (χ4v) is 2.93. The predicted octanol–water partition coefficient (Wildman–Crippen LogP) is 3.70. The smallest absolute Gasteiger partial charge is 0.119 e. The third-order valence-corrected chi connectivity index (χ3v) is 3.82. The van der Waals surface area contributed by atoms with Gasteiger partial charge in [0.05, 0.1) is 16.7 Å². The molecule has 0 radical (unpaired) electrons. The van der Waals surface area contributed by atoms with Gasteiger partial charge >= 0.3 is 0 Å². The van der Waals surface area contributed by atoms with Gasteiger partial charge in [-0.1, -0.05) is 37.4 Å². The highest BCUT2D eigenvalue weighted by atomic mass is 32.1. The van der Waals surface area contributed by atoms with E-state index in [1.807, 2.05) is 38.1 Å². The molecule has 1 heterocycles. The number of hydrogen-bond acceptors (Lipinski definition) is 5. The van der Waals surface area contributed by atoms with Crippen molar-refractivity contribution < 1.29 is 9.84 Å². The van der Waals surface area contributed by atoms with E-state index < -0.39 is 6.10 Å². The molecule has 0 fully saturated rings. The van der Waals surface area contributed by atoms with Gasteiger partial charge in [0, 0.05) is 5.41 Å². The van der Waals surface area contributed by atoms with Crippen LogP contribution in [0.15, 0.2) is 24.3 Å². The summed E-state index contributed by atoms with van der Waals surface area (Å²) in [4.78, 5) is 0.806. The van der Waals surface area contributed by atoms with Gasteiger partial charge in [0.2, 0.25) is 0 Å². The predicted molar refractivity (Wildman–Crippen MR) is 84.9 cm³/mol. The second kappa shape index (κ2) is 6.12. The number of ether oxygens (including phenoxy) is 1. The summed E-state index contributed by atoms with van der Waals surface area (Å²) in [5, 5.41) is 14.8. The highest BCUT2D eigenvalue weighted by Crippen LogP contribution is 2.34. The van der Waals surface area contributed by atoms with Crippen LogP contribution in [0, 0.1) is 0 Å². The first kappa shape index (κ1) is 15.9. The Morgan fingerprint density at radius 2 is 1.76 bits per heavy atom. The van der Waals surface area contributed by atoms with Gasteiger partial charge in [-0.15, -0.1) is 5.10 Å². The Balaban J connectivity index is 2.24. The lowest BCUT2D eigenvalue weighted by Crippen LogP contribution is -2.16. The van der Waals surface area contributed by atoms with E-state index >= 15 is 0 Å². The van der Waals surface area contributed by atoms with E-state index in [1.54, 1.807) is 0 Å². The quantitative estimate of drug-likeness (QED) is 0.935. The first-order valence-corrected chi connectivity index (χ1v) is 7.84. The molecule has 1 unspecified atom stereocenters. The molecule has 0 bridgehead atoms. The number of hydrogen-bond donors (Lipinski definition) is 1. The number of nitrogens with zero attached hydrogens (tertiary/aromatic N) is 2. The topological polar surface area (TPSA) is 55.2 Å². The van der Waals surface area contributed by atoms with Gasteiger partial charge in [0.15, 0.2) is 0 Å². The highest BCUT2D eigenvalue weighted by molar-refractivity contribution is 7.05. The molecule has 1 atom stereocenters. The molecular weight excluding hydrogens is 284 g/mol. The maximum absolute atomic E-state index is 10.6. The van der Waals surface area contributed by atoms with Gasteiger partial charge in [-0.05, 0) is 43.1 Å². The molecule has 1 aromatic carbocycles. The van der Waals surface area contributed by atoms with E-state index in [1.165, 1.54) is 11.5 Å². The van der Waals surface area contributed by atoms with Crippen LogP contribution in [0.4, 0.5) is 0 Å². The minimum absolute atomic E-state index is 0.135. The van der Waals surface area contributed by atoms with Crippen molar-refractivity contribution in [1.29, 1.82) is 0 Å². The van der Waals surface area contributed by atoms with E-state index in [4.69, 9.17) is 4.74 Å². The molecule has 0 spiro atoms. The Morgan fingerprint density at radius 3 is 2.29 bits per heavy atom. The minimum Gasteiger partial charge on any atom is -0.491 e. The average molecular weight is 306 g/mol. The van der Waals surface area contributed by atoms with Crippen molar-refractivity contribution in [1.82, 2.24) is 9.59 Å². The van der Waals surface area contributed by atoms with Crippen LogP contribution in [0.25, 0.3) is 0 Å². The molecule has 2 aromatic rings. The van der Waals surface area contributed by atoms with Crippen molar-refractivity contribution in [2.75, 3.05) is 0 Å². The minimum atomic E-state index is -0.702. The van der Waals surface area contributed by atoms with Crippen LogP contribution in [0.3, 0.4) is 0 Å². The summed E-state index contributed by atoms with van der Waals surface area (Å²) in [7, 11) is 0. The summed E-state index contributed by atoms with van der Waals surface area (Å²) in [6.45, 7) is 10.2. The number of aliphatic hydroxyl groups is 1. The standard InChI is InChI=1S/C16H22N2O2S/c1-10(2)20-12-8-6-11(7-9-12)13(19)14-15(16(3,4)5)17-18-21-14/h6-10,13,19H,1-5H3. The van der Waals surface area contributed by atoms with Crippen LogP contribution in [0.1, 0.15) is 56.9 Å². The lowest BCUT2D eigenvalue weighted by Gasteiger charge is -2.19. The first-order chi connectivity index (χ1) is 9.79. The molecule has 21 heavy (non-hydrogen) atoms. The molecule has 0 aliphatic rings. The van der Waals surface area contributed by atoms with E-state index in [-0.39, 0.29) is 11.5 Å². The second-order valence-corrected chi connectivity index (χ2v) is 7.16. The van der Waals surface area contributed by atoms with Gasteiger partial charge in [0.25, 0.3) is 0 Å². The Hall–Kier alpha value is -1.46. The van der Waals surface area contributed by atoms with Crippen LogP contribution in [-0.4, -0.2) is 20.8 Å². The van der Waals surface area contributed by atoms with Crippen molar-refractivity contribution in [3.8, 4) is 5.75 Å². The van der Waals surface area contributed by atoms with Crippen molar-refractivity contribution >= 4 is 11.5 Å². The fraction of sp³-hybridized carbons (Fsp3) is 0.500. The Labute approximate surface area is 130 Å². The van der Waals surface area contributed by atoms with E-state index in [0.717, 1.165) is 21.9 Å². The van der Waals surface area contributed by atoms with Gasteiger partial charge < -0.3 is 9.84 Å². The second-order valence-electron chi connectivity index (χ2n) is 6.37. The molecule has 2 rings (SSSR count). The van der Waals surface area contributed by atoms with Gasteiger partial charge in [-0.2, -0.15) is 0 Å². The van der Waals surface area contributed by atoms with Crippen LogP contribution < -0.4 is 4.74 Å². The summed E-state index contributed by atoms with van der Waals surface area (Å²) >= 11 is 1.25. The largest absolute Gasteiger partial charge is 0.491 e. The average Bonchev–Trinajstić information content (AvgIpc) is 2.87. The summed E-state index contributed by atoms with van der Waals surface area (Å²) in [5.74, 6) is 0.805. The normalized spacial score (nSPS) is 13.5. The molecule has 4 nitrogen and oxygen atoms in total. The van der Waals surface area contributed by atoms with Crippen molar-refractivity contribution in [3.05, 3.63) is 40.4 Å². The SMILES string of the molecule is CC(C)Oc1ccc(C(O)c2snnc2C(C)(C)C)cc1. The van der Waals surface area contributed by atoms with Crippen molar-refractivity contribution in [3.63, 3.8) is 0 Å². The van der Waals surface area contributed by atoms with Crippen molar-refractivity contribution in [2.45, 2.75) is 52.2 Å². The summed E-state index contributed by atoms with van der Waals surface area (Å²) in [6, 6.07) is 7.52. The number of aromatic nitrogens is 2. The van der Waals surface area contributed by atoms with Gasteiger partial charge in [-0.25, -0.2) is 0 Å². The lowest BCUT2D eigenvalue weighted by molar-refractivity contribution is 0.220. The molecule has 0 aliphatic carbocycles. The summed E-state index contributed by atoms with van der Waals surface area (Å²) < 4.78 is 9.61. The molecular formula is C16H22N2O2S. The summed E-state index contributed by atoms with van der Waals surface area (Å²) in [6.07, 6.45) is -0.564. The maximum atomic E-state index is 10.6. The fourth-order valence-electron chi connectivity index (χ4n) is 2.05. The third kappa shape index (κ3) is 3.80. The van der Waals surface area contributed by atoms with Crippen molar-refractivity contribution in [2.24, 2.45) is 0 Å². The summed E-state index contributed by atoms with van der Waals surface area (Å²) in [5.41, 5.74) is 1.54. The van der Waals surface area contributed by atoms with Crippen LogP contribution >= 0.6 is 11.5 Å². The molecule has 0 amide bonds. The Kier molecular flexibility index (Phi) is 4.64. The van der Waals surface area contributed by atoms with E-state index in [0.29, 0.717) is 0 Å². The molecule has 0 saturated heterocycles. The molecule has 1 N–H and O–H groups in total. The van der Waals surface area contributed by atoms with E-state index in [9.17, 15) is 5.11 Å². The molecule has 114 valence electrons. The zero-order chi connectivity index (χ0) is 15.6. The molecule has 5 heteroatoms. The van der Waals surface area contributed by atoms with Crippen LogP contribution in [0.2, 0.25) is 0 Å². The van der Waals surface area contributed by atoms with Gasteiger partial charge in [0.1, 0.15) is 11.9 Å². The molecule has 0 saturated carbocycles. The Morgan fingerprint density at radius 1 is 1.14 bits per heavy atom. The van der Waals surface area contributed by atoms with E-state index in [2.05, 4.69) is 30.4 Å². The zero-order valence-electron chi connectivity index (χ0n) is 13.1. The lowest BCUT2D eigenvalue weighted by atomic mass is 9.89. The van der Waals surface area contributed by atoms with Gasteiger partial charge in [-0.3, -0.25) is 0 Å². The zero-order valence-corrected chi connectivity index (χ0v) is 13.9. The van der Waals surface area contributed by atoms with Crippen LogP contribution in [-0.2, 0) is 5.41 Å². The number of rotatable bonds is 4.